The lowest BCUT2D eigenvalue weighted by molar-refractivity contribution is -0.131. The maximum absolute atomic E-state index is 13.6. The lowest BCUT2D eigenvalue weighted by atomic mass is 10.0. The largest absolute Gasteiger partial charge is 0.454 e. The van der Waals surface area contributed by atoms with Gasteiger partial charge in [0, 0.05) is 32.7 Å². The number of sulfonamides is 1. The Balaban J connectivity index is 1.44. The number of carbonyl (C=O) groups excluding carboxylic acids is 1. The van der Waals surface area contributed by atoms with Crippen LogP contribution in [-0.4, -0.2) is 75.0 Å². The van der Waals surface area contributed by atoms with Crippen LogP contribution >= 0.6 is 0 Å². The van der Waals surface area contributed by atoms with Crippen LogP contribution in [-0.2, 0) is 21.2 Å². The highest BCUT2D eigenvalue weighted by Crippen LogP contribution is 2.38. The van der Waals surface area contributed by atoms with Crippen LogP contribution < -0.4 is 9.47 Å². The molecule has 0 aromatic heterocycles. The predicted octanol–water partition coefficient (Wildman–Crippen LogP) is 3.04. The smallest absolute Gasteiger partial charge is 0.243 e. The molecular weight excluding hydrogens is 466 g/mol. The van der Waals surface area contributed by atoms with Gasteiger partial charge in [-0.3, -0.25) is 4.79 Å². The van der Waals surface area contributed by atoms with Crippen LogP contribution in [0, 0.1) is 0 Å². The lowest BCUT2D eigenvalue weighted by Gasteiger charge is -2.32. The van der Waals surface area contributed by atoms with Crippen molar-refractivity contribution in [2.75, 3.05) is 46.6 Å². The van der Waals surface area contributed by atoms with Crippen LogP contribution in [0.15, 0.2) is 47.4 Å². The number of fused-ring (bicyclic) bond motifs is 1. The molecule has 3 aliphatic heterocycles. The molecule has 0 unspecified atom stereocenters. The zero-order valence-corrected chi connectivity index (χ0v) is 21.0. The third-order valence-electron chi connectivity index (χ3n) is 7.26. The van der Waals surface area contributed by atoms with E-state index in [0.717, 1.165) is 38.0 Å². The van der Waals surface area contributed by atoms with Gasteiger partial charge in [0.25, 0.3) is 0 Å². The molecule has 3 aliphatic rings. The molecule has 188 valence electrons. The van der Waals surface area contributed by atoms with Gasteiger partial charge in [0.15, 0.2) is 11.5 Å². The fraction of sp³-hybridized carbons (Fsp3) is 0.500. The Kier molecular flexibility index (Phi) is 7.00. The molecule has 1 amide bonds. The van der Waals surface area contributed by atoms with E-state index in [2.05, 4.69) is 4.90 Å². The quantitative estimate of drug-likeness (QED) is 0.556. The minimum Gasteiger partial charge on any atom is -0.454 e. The van der Waals surface area contributed by atoms with E-state index in [9.17, 15) is 13.2 Å². The van der Waals surface area contributed by atoms with Gasteiger partial charge in [0.05, 0.1) is 17.4 Å². The van der Waals surface area contributed by atoms with Crippen molar-refractivity contribution in [2.24, 2.45) is 0 Å². The van der Waals surface area contributed by atoms with Crippen LogP contribution in [0.2, 0.25) is 0 Å². The molecule has 8 nitrogen and oxygen atoms in total. The van der Waals surface area contributed by atoms with Crippen molar-refractivity contribution < 1.29 is 22.7 Å². The topological polar surface area (TPSA) is 79.4 Å². The first-order valence-electron chi connectivity index (χ1n) is 12.4. The molecule has 35 heavy (non-hydrogen) atoms. The van der Waals surface area contributed by atoms with Gasteiger partial charge in [-0.1, -0.05) is 30.3 Å². The minimum atomic E-state index is -3.73. The molecule has 0 N–H and O–H groups in total. The van der Waals surface area contributed by atoms with Gasteiger partial charge in [-0.15, -0.1) is 0 Å². The number of nitrogens with zero attached hydrogens (tertiary/aromatic N) is 3. The molecule has 0 radical (unpaired) electrons. The summed E-state index contributed by atoms with van der Waals surface area (Å²) < 4.78 is 39.5. The highest BCUT2D eigenvalue weighted by atomic mass is 32.2. The highest BCUT2D eigenvalue weighted by Gasteiger charge is 2.33. The summed E-state index contributed by atoms with van der Waals surface area (Å²) in [5.74, 6) is 0.755. The van der Waals surface area contributed by atoms with Crippen LogP contribution in [0.25, 0.3) is 0 Å². The Morgan fingerprint density at radius 2 is 1.60 bits per heavy atom. The summed E-state index contributed by atoms with van der Waals surface area (Å²) in [5.41, 5.74) is 1.52. The summed E-state index contributed by atoms with van der Waals surface area (Å²) in [6, 6.07) is 13.1. The number of rotatable bonds is 8. The number of benzene rings is 2. The van der Waals surface area contributed by atoms with Gasteiger partial charge in [-0.2, -0.15) is 4.31 Å². The Bertz CT molecular complexity index is 1160. The third-order valence-corrected chi connectivity index (χ3v) is 9.24. The average molecular weight is 500 g/mol. The second-order valence-corrected chi connectivity index (χ2v) is 11.4. The standard InChI is InChI=1S/C26H33N3O5S/c1-27(22(18-28-11-5-6-12-28)20-9-3-2-4-10-20)26(30)16-21-15-23-24(34-19-33-23)17-25(21)35(31,32)29-13-7-8-14-29/h2-4,9-10,15,17,22H,5-8,11-14,16,18-19H2,1H3/t22-/m1/s1. The Hall–Kier alpha value is -2.62. The molecule has 0 aliphatic carbocycles. The zero-order valence-electron chi connectivity index (χ0n) is 20.2. The monoisotopic (exact) mass is 499 g/mol. The molecule has 9 heteroatoms. The number of likely N-dealkylation sites (N-methyl/N-ethyl adjacent to an activating group) is 1. The molecule has 3 heterocycles. The average Bonchev–Trinajstić information content (AvgIpc) is 3.65. The summed E-state index contributed by atoms with van der Waals surface area (Å²) in [6.45, 7) is 3.86. The van der Waals surface area contributed by atoms with E-state index in [1.165, 1.54) is 23.2 Å². The predicted molar refractivity (Wildman–Crippen MR) is 132 cm³/mol. The summed E-state index contributed by atoms with van der Waals surface area (Å²) >= 11 is 0. The Morgan fingerprint density at radius 3 is 2.29 bits per heavy atom. The van der Waals surface area contributed by atoms with Crippen molar-refractivity contribution in [1.29, 1.82) is 0 Å². The van der Waals surface area contributed by atoms with Crippen molar-refractivity contribution in [3.63, 3.8) is 0 Å². The molecule has 1 atom stereocenters. The van der Waals surface area contributed by atoms with E-state index in [4.69, 9.17) is 9.47 Å². The Morgan fingerprint density at radius 1 is 0.971 bits per heavy atom. The number of ether oxygens (including phenoxy) is 2. The second-order valence-electron chi connectivity index (χ2n) is 9.54. The van der Waals surface area contributed by atoms with E-state index in [0.29, 0.717) is 30.2 Å². The van der Waals surface area contributed by atoms with Crippen molar-refractivity contribution in [2.45, 2.75) is 43.0 Å². The first-order chi connectivity index (χ1) is 16.9. The molecular formula is C26H33N3O5S. The molecule has 2 aromatic carbocycles. The van der Waals surface area contributed by atoms with Gasteiger partial charge in [-0.05, 0) is 56.0 Å². The van der Waals surface area contributed by atoms with Gasteiger partial charge in [0.2, 0.25) is 22.7 Å². The summed E-state index contributed by atoms with van der Waals surface area (Å²) in [7, 11) is -1.92. The van der Waals surface area contributed by atoms with E-state index < -0.39 is 10.0 Å². The van der Waals surface area contributed by atoms with Crippen LogP contribution in [0.3, 0.4) is 0 Å². The highest BCUT2D eigenvalue weighted by molar-refractivity contribution is 7.89. The second kappa shape index (κ2) is 10.2. The lowest BCUT2D eigenvalue weighted by Crippen LogP contribution is -2.39. The summed E-state index contributed by atoms with van der Waals surface area (Å²) in [5, 5.41) is 0. The number of amides is 1. The van der Waals surface area contributed by atoms with Gasteiger partial charge >= 0.3 is 0 Å². The number of likely N-dealkylation sites (tertiary alicyclic amines) is 1. The number of hydrogen-bond donors (Lipinski definition) is 0. The van der Waals surface area contributed by atoms with Crippen LogP contribution in [0.5, 0.6) is 11.5 Å². The SMILES string of the molecule is CN(C(=O)Cc1cc2c(cc1S(=O)(=O)N1CCCC1)OCO2)[C@H](CN1CCCC1)c1ccccc1. The molecule has 0 bridgehead atoms. The fourth-order valence-electron chi connectivity index (χ4n) is 5.21. The first-order valence-corrected chi connectivity index (χ1v) is 13.8. The molecule has 2 aromatic rings. The van der Waals surface area contributed by atoms with E-state index in [1.807, 2.05) is 37.4 Å². The first kappa shape index (κ1) is 24.1. The molecule has 0 saturated carbocycles. The van der Waals surface area contributed by atoms with E-state index >= 15 is 0 Å². The zero-order chi connectivity index (χ0) is 24.4. The third kappa shape index (κ3) is 5.03. The normalized spacial score (nSPS) is 19.2. The molecule has 2 fully saturated rings. The maximum Gasteiger partial charge on any atom is 0.243 e. The van der Waals surface area contributed by atoms with Crippen molar-refractivity contribution >= 4 is 15.9 Å². The fourth-order valence-corrected chi connectivity index (χ4v) is 6.94. The van der Waals surface area contributed by atoms with Crippen LogP contribution in [0.1, 0.15) is 42.9 Å². The van der Waals surface area contributed by atoms with E-state index in [1.54, 1.807) is 11.0 Å². The number of hydrogen-bond acceptors (Lipinski definition) is 6. The Labute approximate surface area is 207 Å². The summed E-state index contributed by atoms with van der Waals surface area (Å²) in [4.78, 5) is 17.9. The van der Waals surface area contributed by atoms with Gasteiger partial charge in [0.1, 0.15) is 0 Å². The minimum absolute atomic E-state index is 0.0289. The molecule has 0 spiro atoms. The number of carbonyl (C=O) groups is 1. The van der Waals surface area contributed by atoms with Crippen molar-refractivity contribution in [3.05, 3.63) is 53.6 Å². The molecule has 2 saturated heterocycles. The van der Waals surface area contributed by atoms with Crippen molar-refractivity contribution in [1.82, 2.24) is 14.1 Å². The van der Waals surface area contributed by atoms with Crippen molar-refractivity contribution in [3.8, 4) is 11.5 Å². The van der Waals surface area contributed by atoms with Crippen LogP contribution in [0.4, 0.5) is 0 Å². The van der Waals surface area contributed by atoms with Gasteiger partial charge < -0.3 is 19.3 Å². The van der Waals surface area contributed by atoms with Gasteiger partial charge in [-0.25, -0.2) is 8.42 Å². The maximum atomic E-state index is 13.6. The van der Waals surface area contributed by atoms with E-state index in [-0.39, 0.29) is 30.1 Å². The summed E-state index contributed by atoms with van der Waals surface area (Å²) in [6.07, 6.45) is 4.01. The molecule has 5 rings (SSSR count).